The number of benzene rings is 3. The third kappa shape index (κ3) is 4.11. The minimum absolute atomic E-state index is 0.0265. The van der Waals surface area contributed by atoms with E-state index in [1.54, 1.807) is 24.4 Å². The minimum Gasteiger partial charge on any atom is -0.342 e. The first-order valence-electron chi connectivity index (χ1n) is 10.8. The molecule has 0 bridgehead atoms. The lowest BCUT2D eigenvalue weighted by atomic mass is 10.1. The minimum atomic E-state index is -0.929. The first kappa shape index (κ1) is 22.7. The molecule has 0 unspecified atom stereocenters. The molecule has 1 fully saturated rings. The summed E-state index contributed by atoms with van der Waals surface area (Å²) in [5, 5.41) is 14.0. The molecular weight excluding hydrogens is 467 g/mol. The van der Waals surface area contributed by atoms with E-state index in [4.69, 9.17) is 0 Å². The van der Waals surface area contributed by atoms with Gasteiger partial charge in [0.05, 0.1) is 10.6 Å². The van der Waals surface area contributed by atoms with E-state index in [0.29, 0.717) is 17.7 Å². The van der Waals surface area contributed by atoms with Crippen LogP contribution in [0.1, 0.15) is 11.1 Å². The highest BCUT2D eigenvalue weighted by Gasteiger charge is 2.37. The van der Waals surface area contributed by atoms with Crippen molar-refractivity contribution in [2.45, 2.75) is 6.54 Å². The van der Waals surface area contributed by atoms with Crippen molar-refractivity contribution in [3.8, 4) is 0 Å². The summed E-state index contributed by atoms with van der Waals surface area (Å²) in [7, 11) is 0. The number of nitrogens with zero attached hydrogens (tertiary/aromatic N) is 3. The summed E-state index contributed by atoms with van der Waals surface area (Å²) in [4.78, 5) is 49.6. The summed E-state index contributed by atoms with van der Waals surface area (Å²) in [5.41, 5.74) is 1.85. The maximum absolute atomic E-state index is 13.3. The van der Waals surface area contributed by atoms with Gasteiger partial charge in [-0.15, -0.1) is 0 Å². The number of rotatable bonds is 5. The van der Waals surface area contributed by atoms with Crippen molar-refractivity contribution in [1.82, 2.24) is 9.88 Å². The van der Waals surface area contributed by atoms with Crippen molar-refractivity contribution in [1.29, 1.82) is 0 Å². The fourth-order valence-corrected chi connectivity index (χ4v) is 4.12. The summed E-state index contributed by atoms with van der Waals surface area (Å²) in [6.45, 7) is 0.311. The van der Waals surface area contributed by atoms with Gasteiger partial charge in [-0.3, -0.25) is 25.0 Å². The number of aromatic nitrogens is 1. The third-order valence-corrected chi connectivity index (χ3v) is 5.78. The summed E-state index contributed by atoms with van der Waals surface area (Å²) in [6, 6.07) is 17.4. The Balaban J connectivity index is 1.55. The Morgan fingerprint density at radius 3 is 2.47 bits per heavy atom. The van der Waals surface area contributed by atoms with E-state index in [9.17, 15) is 28.9 Å². The molecule has 36 heavy (non-hydrogen) atoms. The summed E-state index contributed by atoms with van der Waals surface area (Å²) < 4.78 is 15.2. The summed E-state index contributed by atoms with van der Waals surface area (Å²) >= 11 is 0. The van der Waals surface area contributed by atoms with Gasteiger partial charge in [0.15, 0.2) is 0 Å². The number of fused-ring (bicyclic) bond motifs is 1. The molecule has 1 N–H and O–H groups in total. The number of anilines is 1. The number of hydrogen-bond acceptors (Lipinski definition) is 5. The van der Waals surface area contributed by atoms with Crippen LogP contribution < -0.4 is 10.2 Å². The van der Waals surface area contributed by atoms with Gasteiger partial charge in [0.25, 0.3) is 17.5 Å². The van der Waals surface area contributed by atoms with Crippen LogP contribution in [0.15, 0.2) is 84.6 Å². The zero-order chi connectivity index (χ0) is 25.4. The molecule has 0 saturated carbocycles. The molecule has 178 valence electrons. The number of nitro groups is 1. The molecular formula is C26H17FN4O5. The number of nitrogens with one attached hydrogen (secondary N) is 1. The standard InChI is InChI=1S/C26H17FN4O5/c27-18-8-10-19(11-9-18)30-25(33)22(24(32)28-26(30)34)13-17-15-29(23-7-2-1-6-21(17)23)14-16-4-3-5-20(12-16)31(35)36/h1-13,15H,14H2,(H,28,32,34)/b22-13+. The van der Waals surface area contributed by atoms with E-state index < -0.39 is 28.6 Å². The molecule has 3 aromatic carbocycles. The van der Waals surface area contributed by atoms with E-state index in [0.717, 1.165) is 27.9 Å². The fourth-order valence-electron chi connectivity index (χ4n) is 4.12. The van der Waals surface area contributed by atoms with Crippen LogP contribution in [0.3, 0.4) is 0 Å². The highest BCUT2D eigenvalue weighted by atomic mass is 19.1. The number of amides is 4. The second-order valence-corrected chi connectivity index (χ2v) is 8.09. The topological polar surface area (TPSA) is 115 Å². The van der Waals surface area contributed by atoms with E-state index in [1.165, 1.54) is 30.3 Å². The van der Waals surface area contributed by atoms with Gasteiger partial charge in [0.2, 0.25) is 0 Å². The number of halogens is 1. The number of barbiturate groups is 1. The SMILES string of the molecule is O=C1NC(=O)N(c2ccc(F)cc2)C(=O)/C1=C/c1cn(Cc2cccc([N+](=O)[O-])c2)c2ccccc12. The van der Waals surface area contributed by atoms with Crippen LogP contribution in [-0.2, 0) is 16.1 Å². The average molecular weight is 484 g/mol. The van der Waals surface area contributed by atoms with Gasteiger partial charge >= 0.3 is 6.03 Å². The van der Waals surface area contributed by atoms with Gasteiger partial charge in [-0.05, 0) is 42.0 Å². The number of imide groups is 2. The molecule has 0 atom stereocenters. The van der Waals surface area contributed by atoms with Crippen LogP contribution in [0, 0.1) is 15.9 Å². The molecule has 1 aliphatic rings. The van der Waals surface area contributed by atoms with Crippen LogP contribution in [0.4, 0.5) is 20.6 Å². The number of carbonyl (C=O) groups excluding carboxylic acids is 3. The second kappa shape index (κ2) is 8.91. The Bertz CT molecular complexity index is 1590. The maximum atomic E-state index is 13.3. The normalized spacial score (nSPS) is 15.0. The van der Waals surface area contributed by atoms with Gasteiger partial charge in [-0.1, -0.05) is 30.3 Å². The van der Waals surface area contributed by atoms with E-state index in [2.05, 4.69) is 5.32 Å². The molecule has 0 radical (unpaired) electrons. The van der Waals surface area contributed by atoms with Crippen molar-refractivity contribution in [3.05, 3.63) is 112 Å². The van der Waals surface area contributed by atoms with Gasteiger partial charge in [0.1, 0.15) is 11.4 Å². The van der Waals surface area contributed by atoms with Crippen molar-refractivity contribution in [2.75, 3.05) is 4.90 Å². The number of hydrogen-bond donors (Lipinski definition) is 1. The zero-order valence-electron chi connectivity index (χ0n) is 18.6. The molecule has 1 saturated heterocycles. The third-order valence-electron chi connectivity index (χ3n) is 5.78. The molecule has 4 aromatic rings. The molecule has 2 heterocycles. The Hall–Kier alpha value is -5.12. The second-order valence-electron chi connectivity index (χ2n) is 8.09. The largest absolute Gasteiger partial charge is 0.342 e. The molecule has 4 amide bonds. The molecule has 5 rings (SSSR count). The summed E-state index contributed by atoms with van der Waals surface area (Å²) in [6.07, 6.45) is 3.13. The van der Waals surface area contributed by atoms with Crippen LogP contribution in [0.2, 0.25) is 0 Å². The maximum Gasteiger partial charge on any atom is 0.335 e. The van der Waals surface area contributed by atoms with E-state index in [1.807, 2.05) is 22.8 Å². The Kier molecular flexibility index (Phi) is 5.61. The lowest BCUT2D eigenvalue weighted by molar-refractivity contribution is -0.384. The van der Waals surface area contributed by atoms with Crippen molar-refractivity contribution in [3.63, 3.8) is 0 Å². The Labute approximate surface area is 203 Å². The lowest BCUT2D eigenvalue weighted by Crippen LogP contribution is -2.54. The zero-order valence-corrected chi connectivity index (χ0v) is 18.6. The highest BCUT2D eigenvalue weighted by molar-refractivity contribution is 6.39. The number of nitro benzene ring substituents is 1. The van der Waals surface area contributed by atoms with Crippen molar-refractivity contribution in [2.24, 2.45) is 0 Å². The molecule has 0 spiro atoms. The highest BCUT2D eigenvalue weighted by Crippen LogP contribution is 2.27. The lowest BCUT2D eigenvalue weighted by Gasteiger charge is -2.26. The first-order chi connectivity index (χ1) is 17.3. The average Bonchev–Trinajstić information content (AvgIpc) is 3.20. The van der Waals surface area contributed by atoms with Crippen LogP contribution in [0.25, 0.3) is 17.0 Å². The predicted molar refractivity (Wildman–Crippen MR) is 130 cm³/mol. The fraction of sp³-hybridized carbons (Fsp3) is 0.0385. The van der Waals surface area contributed by atoms with Gasteiger partial charge in [-0.25, -0.2) is 14.1 Å². The number of carbonyl (C=O) groups is 3. The monoisotopic (exact) mass is 484 g/mol. The smallest absolute Gasteiger partial charge is 0.335 e. The van der Waals surface area contributed by atoms with Gasteiger partial charge in [-0.2, -0.15) is 0 Å². The molecule has 9 nitrogen and oxygen atoms in total. The van der Waals surface area contributed by atoms with Crippen LogP contribution in [0.5, 0.6) is 0 Å². The van der Waals surface area contributed by atoms with Crippen molar-refractivity contribution >= 4 is 46.2 Å². The molecule has 0 aliphatic carbocycles. The molecule has 1 aromatic heterocycles. The van der Waals surface area contributed by atoms with Crippen LogP contribution in [-0.4, -0.2) is 27.3 Å². The predicted octanol–water partition coefficient (Wildman–Crippen LogP) is 4.40. The van der Waals surface area contributed by atoms with Crippen molar-refractivity contribution < 1.29 is 23.7 Å². The van der Waals surface area contributed by atoms with E-state index in [-0.39, 0.29) is 16.9 Å². The van der Waals surface area contributed by atoms with Gasteiger partial charge in [0, 0.05) is 41.3 Å². The number of para-hydroxylation sites is 1. The van der Waals surface area contributed by atoms with E-state index >= 15 is 0 Å². The van der Waals surface area contributed by atoms with Gasteiger partial charge < -0.3 is 4.57 Å². The quantitative estimate of drug-likeness (QED) is 0.195. The first-order valence-corrected chi connectivity index (χ1v) is 10.8. The molecule has 1 aliphatic heterocycles. The Morgan fingerprint density at radius 1 is 0.972 bits per heavy atom. The number of urea groups is 1. The summed E-state index contributed by atoms with van der Waals surface area (Å²) in [5.74, 6) is -2.23. The Morgan fingerprint density at radius 2 is 1.72 bits per heavy atom. The number of non-ortho nitro benzene ring substituents is 1. The molecule has 10 heteroatoms. The van der Waals surface area contributed by atoms with Crippen LogP contribution >= 0.6 is 0 Å².